The van der Waals surface area contributed by atoms with Crippen molar-refractivity contribution in [3.8, 4) is 11.3 Å². The number of rotatable bonds is 4. The largest absolute Gasteiger partial charge is 0.480 e. The fourth-order valence-electron chi connectivity index (χ4n) is 2.10. The molecule has 8 heteroatoms. The minimum Gasteiger partial charge on any atom is -0.480 e. The molecule has 0 saturated carbocycles. The number of carbonyl (C=O) groups excluding carboxylic acids is 2. The molecule has 0 spiro atoms. The lowest BCUT2D eigenvalue weighted by atomic mass is 10.2. The fourth-order valence-corrected chi connectivity index (χ4v) is 3.18. The minimum atomic E-state index is -1.24. The molecule has 2 aromatic rings. The molecule has 24 heavy (non-hydrogen) atoms. The van der Waals surface area contributed by atoms with Gasteiger partial charge >= 0.3 is 5.97 Å². The number of carboxylic acid groups (broad SMARTS) is 1. The van der Waals surface area contributed by atoms with Gasteiger partial charge in [0.05, 0.1) is 4.91 Å². The van der Waals surface area contributed by atoms with Crippen molar-refractivity contribution >= 4 is 50.9 Å². The van der Waals surface area contributed by atoms with Gasteiger partial charge in [-0.1, -0.05) is 28.1 Å². The van der Waals surface area contributed by atoms with Gasteiger partial charge in [0.15, 0.2) is 0 Å². The Kier molecular flexibility index (Phi) is 4.59. The Bertz CT molecular complexity index is 856. The summed E-state index contributed by atoms with van der Waals surface area (Å²) in [5, 5.41) is 8.13. The molecule has 2 heterocycles. The molecule has 1 fully saturated rings. The van der Waals surface area contributed by atoms with E-state index in [2.05, 4.69) is 15.9 Å². The summed E-state index contributed by atoms with van der Waals surface area (Å²) < 4.78 is 6.62. The second-order valence-corrected chi connectivity index (χ2v) is 6.78. The third-order valence-electron chi connectivity index (χ3n) is 3.20. The quantitative estimate of drug-likeness (QED) is 0.774. The van der Waals surface area contributed by atoms with Crippen molar-refractivity contribution in [3.63, 3.8) is 0 Å². The summed E-state index contributed by atoms with van der Waals surface area (Å²) in [6.07, 6.45) is 1.44. The second kappa shape index (κ2) is 6.66. The molecule has 0 bridgehead atoms. The van der Waals surface area contributed by atoms with Crippen LogP contribution in [0, 0.1) is 0 Å². The number of hydrogen-bond acceptors (Lipinski definition) is 5. The third-order valence-corrected chi connectivity index (χ3v) is 4.63. The number of nitrogens with zero attached hydrogens (tertiary/aromatic N) is 1. The van der Waals surface area contributed by atoms with Gasteiger partial charge in [0.1, 0.15) is 18.1 Å². The van der Waals surface area contributed by atoms with Crippen molar-refractivity contribution in [2.24, 2.45) is 0 Å². The average Bonchev–Trinajstić information content (AvgIpc) is 3.09. The molecule has 122 valence electrons. The van der Waals surface area contributed by atoms with E-state index in [0.29, 0.717) is 28.2 Å². The Morgan fingerprint density at radius 3 is 2.58 bits per heavy atom. The summed E-state index contributed by atoms with van der Waals surface area (Å²) in [6, 6.07) is 11.0. The van der Waals surface area contributed by atoms with Crippen molar-refractivity contribution in [1.29, 1.82) is 0 Å². The van der Waals surface area contributed by atoms with Crippen LogP contribution in [-0.4, -0.2) is 33.7 Å². The minimum absolute atomic E-state index is 0.137. The van der Waals surface area contributed by atoms with E-state index in [0.717, 1.165) is 10.0 Å². The number of aliphatic carboxylic acids is 1. The van der Waals surface area contributed by atoms with Crippen molar-refractivity contribution in [1.82, 2.24) is 4.90 Å². The van der Waals surface area contributed by atoms with Gasteiger partial charge in [0.25, 0.3) is 11.1 Å². The van der Waals surface area contributed by atoms with E-state index in [-0.39, 0.29) is 4.91 Å². The first-order valence-corrected chi connectivity index (χ1v) is 8.38. The predicted octanol–water partition coefficient (Wildman–Crippen LogP) is 3.83. The fraction of sp³-hybridized carbons (Fsp3) is 0.0625. The van der Waals surface area contributed by atoms with Crippen LogP contribution in [0.2, 0.25) is 0 Å². The monoisotopic (exact) mass is 407 g/mol. The molecule has 1 N–H and O–H groups in total. The van der Waals surface area contributed by atoms with Gasteiger partial charge in [-0.25, -0.2) is 0 Å². The molecule has 0 aliphatic carbocycles. The van der Waals surface area contributed by atoms with E-state index in [9.17, 15) is 14.4 Å². The molecule has 3 rings (SSSR count). The zero-order valence-electron chi connectivity index (χ0n) is 12.1. The maximum Gasteiger partial charge on any atom is 0.323 e. The lowest BCUT2D eigenvalue weighted by Crippen LogP contribution is -2.33. The first-order chi connectivity index (χ1) is 11.4. The normalized spacial score (nSPS) is 16.2. The summed E-state index contributed by atoms with van der Waals surface area (Å²) in [6.45, 7) is -0.649. The predicted molar refractivity (Wildman–Crippen MR) is 92.2 cm³/mol. The number of carboxylic acids is 1. The summed E-state index contributed by atoms with van der Waals surface area (Å²) in [5.41, 5.74) is 0.872. The second-order valence-electron chi connectivity index (χ2n) is 4.87. The van der Waals surface area contributed by atoms with E-state index in [1.54, 1.807) is 12.1 Å². The first kappa shape index (κ1) is 16.5. The highest BCUT2D eigenvalue weighted by atomic mass is 79.9. The maximum atomic E-state index is 12.1. The Hall–Kier alpha value is -2.32. The smallest absolute Gasteiger partial charge is 0.323 e. The number of thioether (sulfide) groups is 1. The zero-order chi connectivity index (χ0) is 17.3. The Labute approximate surface area is 149 Å². The summed E-state index contributed by atoms with van der Waals surface area (Å²) in [4.78, 5) is 35.3. The highest BCUT2D eigenvalue weighted by molar-refractivity contribution is 9.10. The zero-order valence-corrected chi connectivity index (χ0v) is 14.5. The van der Waals surface area contributed by atoms with Gasteiger partial charge in [-0.3, -0.25) is 19.3 Å². The molecule has 1 saturated heterocycles. The van der Waals surface area contributed by atoms with E-state index in [4.69, 9.17) is 9.52 Å². The number of benzene rings is 1. The Morgan fingerprint density at radius 2 is 1.92 bits per heavy atom. The van der Waals surface area contributed by atoms with Crippen molar-refractivity contribution < 1.29 is 23.9 Å². The average molecular weight is 408 g/mol. The van der Waals surface area contributed by atoms with E-state index in [1.807, 2.05) is 24.3 Å². The van der Waals surface area contributed by atoms with Crippen LogP contribution in [0.15, 0.2) is 50.2 Å². The molecule has 1 aliphatic rings. The van der Waals surface area contributed by atoms with Crippen LogP contribution in [0.25, 0.3) is 17.4 Å². The van der Waals surface area contributed by atoms with Crippen LogP contribution in [-0.2, 0) is 9.59 Å². The highest BCUT2D eigenvalue weighted by Crippen LogP contribution is 2.33. The lowest BCUT2D eigenvalue weighted by Gasteiger charge is -2.07. The van der Waals surface area contributed by atoms with Crippen molar-refractivity contribution in [3.05, 3.63) is 51.5 Å². The van der Waals surface area contributed by atoms with Gasteiger partial charge in [0.2, 0.25) is 0 Å². The van der Waals surface area contributed by atoms with E-state index < -0.39 is 23.7 Å². The van der Waals surface area contributed by atoms with Crippen molar-refractivity contribution in [2.75, 3.05) is 6.54 Å². The molecule has 1 aliphatic heterocycles. The SMILES string of the molecule is O=C(O)CN1C(=O)S/C(=C/c2ccc(-c3ccc(Br)cc3)o2)C1=O. The summed E-state index contributed by atoms with van der Waals surface area (Å²) >= 11 is 4.05. The van der Waals surface area contributed by atoms with Crippen LogP contribution in [0.4, 0.5) is 4.79 Å². The third kappa shape index (κ3) is 3.44. The topological polar surface area (TPSA) is 87.8 Å². The Balaban J connectivity index is 1.82. The van der Waals surface area contributed by atoms with Crippen LogP contribution < -0.4 is 0 Å². The van der Waals surface area contributed by atoms with E-state index >= 15 is 0 Å². The lowest BCUT2D eigenvalue weighted by molar-refractivity contribution is -0.140. The first-order valence-electron chi connectivity index (χ1n) is 6.77. The van der Waals surface area contributed by atoms with Crippen molar-refractivity contribution in [2.45, 2.75) is 0 Å². The summed E-state index contributed by atoms with van der Waals surface area (Å²) in [7, 11) is 0. The molecule has 1 aromatic heterocycles. The van der Waals surface area contributed by atoms with Crippen LogP contribution in [0.5, 0.6) is 0 Å². The van der Waals surface area contributed by atoms with Gasteiger partial charge in [0, 0.05) is 16.1 Å². The molecule has 6 nitrogen and oxygen atoms in total. The van der Waals surface area contributed by atoms with Gasteiger partial charge < -0.3 is 9.52 Å². The number of imide groups is 1. The summed E-state index contributed by atoms with van der Waals surface area (Å²) in [5.74, 6) is -0.838. The number of hydrogen-bond donors (Lipinski definition) is 1. The molecule has 2 amide bonds. The maximum absolute atomic E-state index is 12.1. The van der Waals surface area contributed by atoms with Crippen LogP contribution in [0.3, 0.4) is 0 Å². The highest BCUT2D eigenvalue weighted by Gasteiger charge is 2.36. The Morgan fingerprint density at radius 1 is 1.21 bits per heavy atom. The number of furan rings is 1. The molecule has 0 unspecified atom stereocenters. The van der Waals surface area contributed by atoms with Gasteiger partial charge in [-0.05, 0) is 36.0 Å². The van der Waals surface area contributed by atoms with Crippen LogP contribution in [0.1, 0.15) is 5.76 Å². The van der Waals surface area contributed by atoms with Crippen LogP contribution >= 0.6 is 27.7 Å². The van der Waals surface area contributed by atoms with Gasteiger partial charge in [-0.15, -0.1) is 0 Å². The van der Waals surface area contributed by atoms with E-state index in [1.165, 1.54) is 6.08 Å². The number of carbonyl (C=O) groups is 3. The van der Waals surface area contributed by atoms with Gasteiger partial charge in [-0.2, -0.15) is 0 Å². The molecule has 1 aromatic carbocycles. The molecular formula is C16H10BrNO5S. The molecule has 0 radical (unpaired) electrons. The number of amides is 2. The molecular weight excluding hydrogens is 398 g/mol. The molecule has 0 atom stereocenters. The standard InChI is InChI=1S/C16H10BrNO5S/c17-10-3-1-9(2-4-10)12-6-5-11(23-12)7-13-15(21)18(8-14(19)20)16(22)24-13/h1-7H,8H2,(H,19,20)/b13-7+. The number of halogens is 1.